The van der Waals surface area contributed by atoms with Gasteiger partial charge in [-0.1, -0.05) is 19.1 Å². The summed E-state index contributed by atoms with van der Waals surface area (Å²) in [5.74, 6) is 0.0988. The first-order chi connectivity index (χ1) is 11.9. The minimum absolute atomic E-state index is 0.00817. The van der Waals surface area contributed by atoms with Crippen LogP contribution in [0.3, 0.4) is 0 Å². The third kappa shape index (κ3) is 3.28. The molecule has 1 N–H and O–H groups in total. The van der Waals surface area contributed by atoms with Gasteiger partial charge in [-0.15, -0.1) is 0 Å². The van der Waals surface area contributed by atoms with Gasteiger partial charge in [0.15, 0.2) is 0 Å². The molecular weight excluding hydrogens is 316 g/mol. The largest absolute Gasteiger partial charge is 0.307 e. The van der Waals surface area contributed by atoms with Gasteiger partial charge in [0.1, 0.15) is 6.04 Å². The van der Waals surface area contributed by atoms with Crippen molar-refractivity contribution in [3.05, 3.63) is 24.3 Å². The Kier molecular flexibility index (Phi) is 5.11. The number of carbonyl (C=O) groups excluding carboxylic acids is 2. The van der Waals surface area contributed by atoms with Crippen molar-refractivity contribution in [2.75, 3.05) is 36.0 Å². The van der Waals surface area contributed by atoms with E-state index in [-0.39, 0.29) is 23.9 Å². The van der Waals surface area contributed by atoms with Crippen LogP contribution in [-0.2, 0) is 9.59 Å². The molecule has 136 valence electrons. The first kappa shape index (κ1) is 17.9. The van der Waals surface area contributed by atoms with Gasteiger partial charge in [0.05, 0.1) is 17.4 Å². The molecule has 0 aliphatic carbocycles. The van der Waals surface area contributed by atoms with Crippen LogP contribution in [0.25, 0.3) is 0 Å². The number of rotatable bonds is 2. The lowest BCUT2D eigenvalue weighted by Crippen LogP contribution is -2.62. The predicted octanol–water partition coefficient (Wildman–Crippen LogP) is 1.46. The molecule has 25 heavy (non-hydrogen) atoms. The molecule has 0 bridgehead atoms. The third-order valence-corrected chi connectivity index (χ3v) is 5.33. The van der Waals surface area contributed by atoms with Crippen LogP contribution < -0.4 is 15.1 Å². The maximum Gasteiger partial charge on any atom is 0.245 e. The standard InChI is InChI=1S/C19H28N4O2/c1-5-21-12-16(20-10-13(21)2)19(25)22-11-14(3)23(15(4)24)18-9-7-6-8-17(18)22/h6-9,13-14,16,20H,5,10-12H2,1-4H3/t13?,14-,16?/m0/s1. The minimum Gasteiger partial charge on any atom is -0.307 e. The van der Waals surface area contributed by atoms with E-state index < -0.39 is 0 Å². The molecule has 2 aliphatic heterocycles. The van der Waals surface area contributed by atoms with Gasteiger partial charge in [0.2, 0.25) is 11.8 Å². The number of nitrogens with one attached hydrogen (secondary N) is 1. The second kappa shape index (κ2) is 7.14. The summed E-state index contributed by atoms with van der Waals surface area (Å²) in [4.78, 5) is 31.3. The Morgan fingerprint density at radius 2 is 1.80 bits per heavy atom. The molecule has 1 saturated heterocycles. The zero-order chi connectivity index (χ0) is 18.1. The maximum absolute atomic E-state index is 13.2. The second-order valence-corrected chi connectivity index (χ2v) is 7.07. The van der Waals surface area contributed by atoms with E-state index in [0.717, 1.165) is 31.0 Å². The van der Waals surface area contributed by atoms with E-state index in [1.54, 1.807) is 11.8 Å². The summed E-state index contributed by atoms with van der Waals surface area (Å²) in [5, 5.41) is 3.40. The highest BCUT2D eigenvalue weighted by molar-refractivity contribution is 6.05. The number of piperazine rings is 1. The fourth-order valence-corrected chi connectivity index (χ4v) is 3.98. The molecule has 2 aliphatic rings. The Bertz CT molecular complexity index is 663. The van der Waals surface area contributed by atoms with Crippen LogP contribution in [0.15, 0.2) is 24.3 Å². The van der Waals surface area contributed by atoms with Gasteiger partial charge in [-0.2, -0.15) is 0 Å². The number of fused-ring (bicyclic) bond motifs is 1. The highest BCUT2D eigenvalue weighted by Gasteiger charge is 2.37. The minimum atomic E-state index is -0.208. The lowest BCUT2D eigenvalue weighted by molar-refractivity contribution is -0.122. The number of amides is 2. The molecule has 1 aromatic rings. The Morgan fingerprint density at radius 1 is 1.12 bits per heavy atom. The summed E-state index contributed by atoms with van der Waals surface area (Å²) < 4.78 is 0. The van der Waals surface area contributed by atoms with Gasteiger partial charge in [-0.05, 0) is 32.5 Å². The Morgan fingerprint density at radius 3 is 2.44 bits per heavy atom. The molecule has 6 heteroatoms. The normalized spacial score (nSPS) is 27.1. The zero-order valence-electron chi connectivity index (χ0n) is 15.5. The molecule has 2 heterocycles. The van der Waals surface area contributed by atoms with Crippen molar-refractivity contribution in [1.29, 1.82) is 0 Å². The van der Waals surface area contributed by atoms with Gasteiger partial charge in [-0.3, -0.25) is 14.5 Å². The lowest BCUT2D eigenvalue weighted by Gasteiger charge is -2.44. The summed E-state index contributed by atoms with van der Waals surface area (Å²) in [6, 6.07) is 7.87. The molecule has 1 aromatic carbocycles. The predicted molar refractivity (Wildman–Crippen MR) is 99.9 cm³/mol. The van der Waals surface area contributed by atoms with Crippen molar-refractivity contribution < 1.29 is 9.59 Å². The monoisotopic (exact) mass is 344 g/mol. The van der Waals surface area contributed by atoms with Crippen LogP contribution >= 0.6 is 0 Å². The Balaban J connectivity index is 1.88. The molecule has 1 fully saturated rings. The maximum atomic E-state index is 13.2. The molecule has 0 spiro atoms. The summed E-state index contributed by atoms with van der Waals surface area (Å²) in [6.07, 6.45) is 0. The number of benzene rings is 1. The number of likely N-dealkylation sites (N-methyl/N-ethyl adjacent to an activating group) is 1. The van der Waals surface area contributed by atoms with Crippen molar-refractivity contribution in [2.45, 2.75) is 45.8 Å². The summed E-state index contributed by atoms with van der Waals surface area (Å²) >= 11 is 0. The molecular formula is C19H28N4O2. The number of nitrogens with zero attached hydrogens (tertiary/aromatic N) is 3. The van der Waals surface area contributed by atoms with Crippen LogP contribution in [0.1, 0.15) is 27.7 Å². The van der Waals surface area contributed by atoms with Crippen molar-refractivity contribution >= 4 is 23.2 Å². The van der Waals surface area contributed by atoms with E-state index in [2.05, 4.69) is 24.1 Å². The summed E-state index contributed by atoms with van der Waals surface area (Å²) in [5.41, 5.74) is 1.64. The van der Waals surface area contributed by atoms with Gasteiger partial charge in [0.25, 0.3) is 0 Å². The van der Waals surface area contributed by atoms with E-state index >= 15 is 0 Å². The van der Waals surface area contributed by atoms with E-state index in [4.69, 9.17) is 0 Å². The quantitative estimate of drug-likeness (QED) is 0.882. The van der Waals surface area contributed by atoms with Crippen LogP contribution in [0.5, 0.6) is 0 Å². The molecule has 2 amide bonds. The Hall–Kier alpha value is -1.92. The van der Waals surface area contributed by atoms with Gasteiger partial charge >= 0.3 is 0 Å². The van der Waals surface area contributed by atoms with Crippen LogP contribution in [-0.4, -0.2) is 61.0 Å². The molecule has 2 unspecified atom stereocenters. The summed E-state index contributed by atoms with van der Waals surface area (Å²) in [7, 11) is 0. The molecule has 0 saturated carbocycles. The van der Waals surface area contributed by atoms with Gasteiger partial charge in [0, 0.05) is 32.6 Å². The third-order valence-electron chi connectivity index (χ3n) is 5.33. The van der Waals surface area contributed by atoms with Crippen molar-refractivity contribution in [3.8, 4) is 0 Å². The molecule has 0 radical (unpaired) electrons. The molecule has 6 nitrogen and oxygen atoms in total. The van der Waals surface area contributed by atoms with Crippen LogP contribution in [0.2, 0.25) is 0 Å². The smallest absolute Gasteiger partial charge is 0.245 e. The number of hydrogen-bond donors (Lipinski definition) is 1. The molecule has 3 rings (SSSR count). The van der Waals surface area contributed by atoms with Crippen LogP contribution in [0.4, 0.5) is 11.4 Å². The SMILES string of the molecule is CCN1CC(C(=O)N2C[C@H](C)N(C(C)=O)c3ccccc32)NCC1C. The second-order valence-electron chi connectivity index (χ2n) is 7.07. The topological polar surface area (TPSA) is 55.9 Å². The van der Waals surface area contributed by atoms with Gasteiger partial charge in [-0.25, -0.2) is 0 Å². The highest BCUT2D eigenvalue weighted by atomic mass is 16.2. The first-order valence-corrected chi connectivity index (χ1v) is 9.11. The highest BCUT2D eigenvalue weighted by Crippen LogP contribution is 2.35. The fourth-order valence-electron chi connectivity index (χ4n) is 3.98. The van der Waals surface area contributed by atoms with E-state index in [0.29, 0.717) is 12.6 Å². The van der Waals surface area contributed by atoms with E-state index in [1.165, 1.54) is 0 Å². The average Bonchev–Trinajstić information content (AvgIpc) is 2.60. The summed E-state index contributed by atoms with van der Waals surface area (Å²) in [6.45, 7) is 10.9. The number of para-hydroxylation sites is 2. The van der Waals surface area contributed by atoms with Crippen molar-refractivity contribution in [3.63, 3.8) is 0 Å². The molecule has 3 atom stereocenters. The number of carbonyl (C=O) groups is 2. The van der Waals surface area contributed by atoms with E-state index in [1.807, 2.05) is 36.1 Å². The average molecular weight is 344 g/mol. The van der Waals surface area contributed by atoms with Crippen molar-refractivity contribution in [1.82, 2.24) is 10.2 Å². The zero-order valence-corrected chi connectivity index (χ0v) is 15.5. The van der Waals surface area contributed by atoms with Crippen molar-refractivity contribution in [2.24, 2.45) is 0 Å². The fraction of sp³-hybridized carbons (Fsp3) is 0.579. The lowest BCUT2D eigenvalue weighted by atomic mass is 10.0. The number of anilines is 2. The van der Waals surface area contributed by atoms with Crippen LogP contribution in [0, 0.1) is 0 Å². The van der Waals surface area contributed by atoms with E-state index in [9.17, 15) is 9.59 Å². The van der Waals surface area contributed by atoms with Gasteiger partial charge < -0.3 is 15.1 Å². The Labute approximate surface area is 149 Å². The first-order valence-electron chi connectivity index (χ1n) is 9.11. The number of hydrogen-bond acceptors (Lipinski definition) is 4. The molecule has 0 aromatic heterocycles.